The van der Waals surface area contributed by atoms with Crippen molar-refractivity contribution < 1.29 is 9.53 Å². The number of piperidine rings is 1. The second-order valence-corrected chi connectivity index (χ2v) is 9.70. The SMILES string of the molecule is CC(C)CCC(NC(C)C1CCCN(C(=O)OC(C)(C)C)C1)C1CC1. The molecule has 0 aromatic rings. The quantitative estimate of drug-likeness (QED) is 0.714. The predicted octanol–water partition coefficient (Wildman–Crippen LogP) is 4.83. The summed E-state index contributed by atoms with van der Waals surface area (Å²) in [5.74, 6) is 2.18. The average molecular weight is 353 g/mol. The number of hydrogen-bond acceptors (Lipinski definition) is 3. The molecule has 25 heavy (non-hydrogen) atoms. The molecule has 0 aromatic carbocycles. The first-order valence-corrected chi connectivity index (χ1v) is 10.4. The van der Waals surface area contributed by atoms with Crippen LogP contribution in [0.3, 0.4) is 0 Å². The highest BCUT2D eigenvalue weighted by Crippen LogP contribution is 2.36. The second kappa shape index (κ2) is 8.75. The van der Waals surface area contributed by atoms with Gasteiger partial charge in [-0.1, -0.05) is 13.8 Å². The van der Waals surface area contributed by atoms with Crippen LogP contribution in [0.5, 0.6) is 0 Å². The number of nitrogens with one attached hydrogen (secondary N) is 1. The van der Waals surface area contributed by atoms with Gasteiger partial charge in [0.2, 0.25) is 0 Å². The molecular formula is C21H40N2O2. The summed E-state index contributed by atoms with van der Waals surface area (Å²) in [4.78, 5) is 14.3. The minimum atomic E-state index is -0.415. The smallest absolute Gasteiger partial charge is 0.410 e. The van der Waals surface area contributed by atoms with E-state index in [0.717, 1.165) is 31.3 Å². The van der Waals surface area contributed by atoms with Gasteiger partial charge < -0.3 is 15.0 Å². The Labute approximate surface area is 155 Å². The molecule has 1 heterocycles. The average Bonchev–Trinajstić information content (AvgIpc) is 3.34. The van der Waals surface area contributed by atoms with Crippen LogP contribution in [0, 0.1) is 17.8 Å². The Morgan fingerprint density at radius 3 is 2.36 bits per heavy atom. The molecule has 4 nitrogen and oxygen atoms in total. The monoisotopic (exact) mass is 352 g/mol. The standard InChI is InChI=1S/C21H40N2O2/c1-15(2)9-12-19(17-10-11-17)22-16(3)18-8-7-13-23(14-18)20(24)25-21(4,5)6/h15-19,22H,7-14H2,1-6H3. The van der Waals surface area contributed by atoms with Gasteiger partial charge in [0.1, 0.15) is 5.60 Å². The third-order valence-electron chi connectivity index (χ3n) is 5.54. The zero-order chi connectivity index (χ0) is 18.6. The van der Waals surface area contributed by atoms with Gasteiger partial charge in [-0.2, -0.15) is 0 Å². The van der Waals surface area contributed by atoms with Crippen molar-refractivity contribution in [1.82, 2.24) is 10.2 Å². The Hall–Kier alpha value is -0.770. The van der Waals surface area contributed by atoms with E-state index in [2.05, 4.69) is 26.1 Å². The molecule has 2 aliphatic rings. The van der Waals surface area contributed by atoms with E-state index in [0.29, 0.717) is 18.0 Å². The van der Waals surface area contributed by atoms with Crippen molar-refractivity contribution in [3.63, 3.8) is 0 Å². The lowest BCUT2D eigenvalue weighted by molar-refractivity contribution is 0.0145. The summed E-state index contributed by atoms with van der Waals surface area (Å²) in [5.41, 5.74) is -0.415. The van der Waals surface area contributed by atoms with E-state index in [1.165, 1.54) is 32.1 Å². The fraction of sp³-hybridized carbons (Fsp3) is 0.952. The minimum Gasteiger partial charge on any atom is -0.444 e. The van der Waals surface area contributed by atoms with Gasteiger partial charge in [0, 0.05) is 25.2 Å². The lowest BCUT2D eigenvalue weighted by atomic mass is 9.90. The third-order valence-corrected chi connectivity index (χ3v) is 5.54. The van der Waals surface area contributed by atoms with E-state index in [9.17, 15) is 4.79 Å². The molecule has 146 valence electrons. The first-order valence-electron chi connectivity index (χ1n) is 10.4. The van der Waals surface area contributed by atoms with Crippen LogP contribution in [0.1, 0.15) is 80.1 Å². The Balaban J connectivity index is 1.85. The fourth-order valence-corrected chi connectivity index (χ4v) is 3.85. The van der Waals surface area contributed by atoms with Gasteiger partial charge in [-0.15, -0.1) is 0 Å². The van der Waals surface area contributed by atoms with Crippen LogP contribution < -0.4 is 5.32 Å². The summed E-state index contributed by atoms with van der Waals surface area (Å²) >= 11 is 0. The van der Waals surface area contributed by atoms with Gasteiger partial charge in [-0.25, -0.2) is 4.79 Å². The highest BCUT2D eigenvalue weighted by molar-refractivity contribution is 5.68. The Morgan fingerprint density at radius 1 is 1.12 bits per heavy atom. The molecule has 0 radical (unpaired) electrons. The summed E-state index contributed by atoms with van der Waals surface area (Å²) in [6, 6.07) is 1.12. The highest BCUT2D eigenvalue weighted by Gasteiger charge is 2.35. The molecule has 1 aliphatic carbocycles. The van der Waals surface area contributed by atoms with E-state index in [1.807, 2.05) is 25.7 Å². The van der Waals surface area contributed by atoms with Crippen molar-refractivity contribution in [2.45, 2.75) is 97.8 Å². The largest absolute Gasteiger partial charge is 0.444 e. The fourth-order valence-electron chi connectivity index (χ4n) is 3.85. The number of carbonyl (C=O) groups excluding carboxylic acids is 1. The molecule has 0 spiro atoms. The third kappa shape index (κ3) is 7.16. The first kappa shape index (κ1) is 20.5. The molecule has 1 saturated heterocycles. The lowest BCUT2D eigenvalue weighted by Gasteiger charge is -2.38. The molecular weight excluding hydrogens is 312 g/mol. The van der Waals surface area contributed by atoms with Crippen LogP contribution in [0.4, 0.5) is 4.79 Å². The van der Waals surface area contributed by atoms with E-state index in [4.69, 9.17) is 4.74 Å². The van der Waals surface area contributed by atoms with E-state index < -0.39 is 5.60 Å². The maximum atomic E-state index is 12.4. The number of rotatable bonds is 7. The zero-order valence-electron chi connectivity index (χ0n) is 17.3. The second-order valence-electron chi connectivity index (χ2n) is 9.70. The van der Waals surface area contributed by atoms with Crippen LogP contribution >= 0.6 is 0 Å². The van der Waals surface area contributed by atoms with E-state index in [-0.39, 0.29) is 6.09 Å². The van der Waals surface area contributed by atoms with Gasteiger partial charge in [-0.3, -0.25) is 0 Å². The van der Waals surface area contributed by atoms with Crippen molar-refractivity contribution >= 4 is 6.09 Å². The van der Waals surface area contributed by atoms with E-state index >= 15 is 0 Å². The summed E-state index contributed by atoms with van der Waals surface area (Å²) in [6.45, 7) is 14.4. The molecule has 3 atom stereocenters. The van der Waals surface area contributed by atoms with Crippen LogP contribution in [-0.4, -0.2) is 41.8 Å². The molecule has 0 aromatic heterocycles. The van der Waals surface area contributed by atoms with Gasteiger partial charge in [-0.05, 0) is 84.0 Å². The van der Waals surface area contributed by atoms with Gasteiger partial charge in [0.15, 0.2) is 0 Å². The molecule has 0 bridgehead atoms. The van der Waals surface area contributed by atoms with Crippen LogP contribution in [-0.2, 0) is 4.74 Å². The van der Waals surface area contributed by atoms with Crippen molar-refractivity contribution in [1.29, 1.82) is 0 Å². The Bertz CT molecular complexity index is 426. The van der Waals surface area contributed by atoms with E-state index in [1.54, 1.807) is 0 Å². The maximum absolute atomic E-state index is 12.4. The molecule has 1 N–H and O–H groups in total. The molecule has 2 fully saturated rings. The number of ether oxygens (including phenoxy) is 1. The normalized spacial score (nSPS) is 24.3. The molecule has 1 saturated carbocycles. The van der Waals surface area contributed by atoms with Gasteiger partial charge >= 0.3 is 6.09 Å². The number of amides is 1. The zero-order valence-corrected chi connectivity index (χ0v) is 17.3. The predicted molar refractivity (Wildman–Crippen MR) is 104 cm³/mol. The maximum Gasteiger partial charge on any atom is 0.410 e. The van der Waals surface area contributed by atoms with Crippen molar-refractivity contribution in [2.75, 3.05) is 13.1 Å². The lowest BCUT2D eigenvalue weighted by Crippen LogP contribution is -2.50. The molecule has 3 unspecified atom stereocenters. The van der Waals surface area contributed by atoms with Crippen LogP contribution in [0.25, 0.3) is 0 Å². The molecule has 1 amide bonds. The molecule has 2 rings (SSSR count). The number of nitrogens with zero attached hydrogens (tertiary/aromatic N) is 1. The summed E-state index contributed by atoms with van der Waals surface area (Å²) in [5, 5.41) is 3.93. The summed E-state index contributed by atoms with van der Waals surface area (Å²) in [7, 11) is 0. The van der Waals surface area contributed by atoms with Gasteiger partial charge in [0.25, 0.3) is 0 Å². The minimum absolute atomic E-state index is 0.150. The Kier molecular flexibility index (Phi) is 7.19. The van der Waals surface area contributed by atoms with Gasteiger partial charge in [0.05, 0.1) is 0 Å². The van der Waals surface area contributed by atoms with Crippen molar-refractivity contribution in [3.05, 3.63) is 0 Å². The van der Waals surface area contributed by atoms with Crippen LogP contribution in [0.2, 0.25) is 0 Å². The van der Waals surface area contributed by atoms with Crippen molar-refractivity contribution in [2.24, 2.45) is 17.8 Å². The van der Waals surface area contributed by atoms with Crippen LogP contribution in [0.15, 0.2) is 0 Å². The highest BCUT2D eigenvalue weighted by atomic mass is 16.6. The number of likely N-dealkylation sites (tertiary alicyclic amines) is 1. The molecule has 4 heteroatoms. The summed E-state index contributed by atoms with van der Waals surface area (Å²) in [6.07, 6.45) is 7.49. The Morgan fingerprint density at radius 2 is 1.80 bits per heavy atom. The first-order chi connectivity index (χ1) is 11.7. The number of hydrogen-bond donors (Lipinski definition) is 1. The topological polar surface area (TPSA) is 41.6 Å². The molecule has 1 aliphatic heterocycles. The van der Waals surface area contributed by atoms with Crippen molar-refractivity contribution in [3.8, 4) is 0 Å². The number of carbonyl (C=O) groups is 1. The summed E-state index contributed by atoms with van der Waals surface area (Å²) < 4.78 is 5.57.